The summed E-state index contributed by atoms with van der Waals surface area (Å²) in [6.45, 7) is 7.65. The van der Waals surface area contributed by atoms with Gasteiger partial charge in [-0.25, -0.2) is 0 Å². The van der Waals surface area contributed by atoms with Gasteiger partial charge in [-0.2, -0.15) is 26.3 Å². The summed E-state index contributed by atoms with van der Waals surface area (Å²) in [6.07, 6.45) is 4.74. The first-order chi connectivity index (χ1) is 18.0. The van der Waals surface area contributed by atoms with Gasteiger partial charge < -0.3 is 10.2 Å². The lowest BCUT2D eigenvalue weighted by molar-refractivity contribution is -0.540. The molecule has 0 aliphatic carbocycles. The van der Waals surface area contributed by atoms with Gasteiger partial charge in [0, 0.05) is 29.4 Å². The van der Waals surface area contributed by atoms with Crippen molar-refractivity contribution in [1.82, 2.24) is 0 Å². The average Bonchev–Trinajstić information content (AvgIpc) is 3.03. The first-order valence-electron chi connectivity index (χ1n) is 12.7. The zero-order valence-electron chi connectivity index (χ0n) is 23.0. The molecule has 39 heavy (non-hydrogen) atoms. The highest BCUT2D eigenvalue weighted by molar-refractivity contribution is 5.71. The van der Waals surface area contributed by atoms with Crippen LogP contribution in [0.4, 0.5) is 37.7 Å². The number of alkyl halides is 6. The Balaban J connectivity index is 1.68. The topological polar surface area (TPSA) is 19.9 Å². The summed E-state index contributed by atoms with van der Waals surface area (Å²) in [5.41, 5.74) is 1.27. The lowest BCUT2D eigenvalue weighted by atomic mass is 9.79. The highest BCUT2D eigenvalue weighted by atomic mass is 19.4. The molecular weight excluding hydrogens is 514 g/mol. The molecule has 210 valence electrons. The molecule has 0 atom stereocenters. The number of hydrogen-bond donors (Lipinski definition) is 1. The van der Waals surface area contributed by atoms with Gasteiger partial charge in [0.2, 0.25) is 0 Å². The van der Waals surface area contributed by atoms with Crippen molar-refractivity contribution in [2.45, 2.75) is 57.3 Å². The molecule has 1 heterocycles. The van der Waals surface area contributed by atoms with E-state index in [0.29, 0.717) is 17.5 Å². The quantitative estimate of drug-likeness (QED) is 0.210. The lowest BCUT2D eigenvalue weighted by Crippen LogP contribution is -2.73. The van der Waals surface area contributed by atoms with E-state index in [9.17, 15) is 26.3 Å². The Morgan fingerprint density at radius 3 is 2.00 bits per heavy atom. The molecule has 1 aliphatic rings. The van der Waals surface area contributed by atoms with Gasteiger partial charge in [0.25, 0.3) is 0 Å². The molecule has 0 amide bonds. The number of benzene rings is 2. The Labute approximate surface area is 226 Å². The van der Waals surface area contributed by atoms with E-state index in [0.717, 1.165) is 29.2 Å². The monoisotopic (exact) mass is 549 g/mol. The fourth-order valence-electron chi connectivity index (χ4n) is 4.97. The largest absolute Gasteiger partial charge is 0.416 e. The molecule has 0 saturated carbocycles. The third-order valence-electron chi connectivity index (χ3n) is 7.24. The summed E-state index contributed by atoms with van der Waals surface area (Å²) >= 11 is 0. The van der Waals surface area contributed by atoms with Gasteiger partial charge in [0.1, 0.15) is 5.69 Å². The molecule has 1 aliphatic heterocycles. The molecule has 0 radical (unpaired) electrons. The summed E-state index contributed by atoms with van der Waals surface area (Å²) < 4.78 is 79.4. The maximum Gasteiger partial charge on any atom is 0.416 e. The standard InChI is InChI=1S/C31H34F6N2/c1-28(2,23-19-21(30(32,33)34)14-16-25(23)38-5)18-12-10-8-7-9-11-13-27-29(3,4)24-20-22(31(35,36)37)15-17-26(24)39(27)6/h7-17,19-20,38H,18H2,1-6H3/p+1/b8-7+,11-9+,12-10+,27-13+. The van der Waals surface area contributed by atoms with Crippen molar-refractivity contribution in [2.75, 3.05) is 19.0 Å². The number of quaternary nitrogens is 1. The Morgan fingerprint density at radius 1 is 0.821 bits per heavy atom. The Bertz CT molecular complexity index is 1310. The summed E-state index contributed by atoms with van der Waals surface area (Å²) in [6, 6.07) is 7.70. The summed E-state index contributed by atoms with van der Waals surface area (Å²) in [5, 5.41) is 1.82. The van der Waals surface area contributed by atoms with Crippen molar-refractivity contribution in [1.29, 1.82) is 0 Å². The van der Waals surface area contributed by atoms with Crippen molar-refractivity contribution < 1.29 is 31.7 Å². The van der Waals surface area contributed by atoms with Gasteiger partial charge in [0.05, 0.1) is 18.2 Å². The van der Waals surface area contributed by atoms with E-state index in [4.69, 9.17) is 0 Å². The van der Waals surface area contributed by atoms with E-state index in [1.54, 1.807) is 0 Å². The van der Waals surface area contributed by atoms with Crippen LogP contribution in [0.15, 0.2) is 84.6 Å². The van der Waals surface area contributed by atoms with E-state index >= 15 is 0 Å². The minimum Gasteiger partial charge on any atom is -0.347 e. The molecule has 0 aromatic heterocycles. The number of hydrogen-bond acceptors (Lipinski definition) is 1. The van der Waals surface area contributed by atoms with E-state index in [1.165, 1.54) is 24.3 Å². The second-order valence-corrected chi connectivity index (χ2v) is 10.8. The first-order valence-corrected chi connectivity index (χ1v) is 12.7. The summed E-state index contributed by atoms with van der Waals surface area (Å²) in [4.78, 5) is 1.90. The number of nitrogens with two attached hydrogens (primary N) is 1. The first kappa shape index (κ1) is 30.3. The third kappa shape index (κ3) is 6.67. The molecule has 0 unspecified atom stereocenters. The minimum atomic E-state index is -4.40. The number of halogens is 6. The Morgan fingerprint density at radius 2 is 1.38 bits per heavy atom. The molecule has 8 heteroatoms. The Kier molecular flexibility index (Phi) is 8.60. The lowest BCUT2D eigenvalue weighted by Gasteiger charge is -2.25. The number of nitrogens with zero attached hydrogens (tertiary/aromatic N) is 1. The predicted octanol–water partition coefficient (Wildman–Crippen LogP) is 8.20. The van der Waals surface area contributed by atoms with Crippen LogP contribution in [-0.4, -0.2) is 14.1 Å². The number of anilines is 1. The van der Waals surface area contributed by atoms with Crippen LogP contribution >= 0.6 is 0 Å². The fraction of sp³-hybridized carbons (Fsp3) is 0.355. The van der Waals surface area contributed by atoms with Crippen molar-refractivity contribution in [3.05, 3.63) is 107 Å². The molecule has 0 spiro atoms. The molecule has 2 N–H and O–H groups in total. The molecule has 3 rings (SSSR count). The average molecular weight is 550 g/mol. The van der Waals surface area contributed by atoms with Crippen LogP contribution in [0.5, 0.6) is 0 Å². The highest BCUT2D eigenvalue weighted by Gasteiger charge is 2.41. The van der Waals surface area contributed by atoms with Crippen molar-refractivity contribution in [3.63, 3.8) is 0 Å². The van der Waals surface area contributed by atoms with E-state index < -0.39 is 34.3 Å². The fourth-order valence-corrected chi connectivity index (χ4v) is 4.97. The molecule has 2 nitrogen and oxygen atoms in total. The maximum atomic E-state index is 13.2. The van der Waals surface area contributed by atoms with Crippen LogP contribution in [0.3, 0.4) is 0 Å². The van der Waals surface area contributed by atoms with E-state index in [2.05, 4.69) is 0 Å². The molecular formula is C31H35F6N2+. The van der Waals surface area contributed by atoms with Crippen LogP contribution in [-0.2, 0) is 23.2 Å². The van der Waals surface area contributed by atoms with E-state index in [-0.39, 0.29) is 0 Å². The summed E-state index contributed by atoms with van der Waals surface area (Å²) in [7, 11) is 3.65. The predicted molar refractivity (Wildman–Crippen MR) is 145 cm³/mol. The molecule has 2 aromatic carbocycles. The minimum absolute atomic E-state index is 0.507. The summed E-state index contributed by atoms with van der Waals surface area (Å²) in [5.74, 6) is 0. The van der Waals surface area contributed by atoms with Gasteiger partial charge in [-0.05, 0) is 59.9 Å². The zero-order valence-corrected chi connectivity index (χ0v) is 23.0. The molecule has 0 fully saturated rings. The highest BCUT2D eigenvalue weighted by Crippen LogP contribution is 2.48. The second-order valence-electron chi connectivity index (χ2n) is 10.8. The van der Waals surface area contributed by atoms with Gasteiger partial charge in [-0.3, -0.25) is 0 Å². The van der Waals surface area contributed by atoms with Crippen LogP contribution in [0, 0.1) is 0 Å². The Hall–Kier alpha value is -3.26. The van der Waals surface area contributed by atoms with Crippen LogP contribution < -0.4 is 10.2 Å². The third-order valence-corrected chi connectivity index (χ3v) is 7.24. The molecule has 0 bridgehead atoms. The molecule has 0 saturated heterocycles. The second kappa shape index (κ2) is 11.1. The van der Waals surface area contributed by atoms with Crippen LogP contribution in [0.25, 0.3) is 0 Å². The van der Waals surface area contributed by atoms with Gasteiger partial charge in [0.15, 0.2) is 0 Å². The van der Waals surface area contributed by atoms with Crippen molar-refractivity contribution >= 4 is 11.4 Å². The number of allylic oxidation sites excluding steroid dienone is 8. The zero-order chi connectivity index (χ0) is 29.2. The van der Waals surface area contributed by atoms with Gasteiger partial charge >= 0.3 is 12.4 Å². The van der Waals surface area contributed by atoms with Gasteiger partial charge in [-0.1, -0.05) is 64.2 Å². The van der Waals surface area contributed by atoms with Gasteiger partial charge in [-0.15, -0.1) is 0 Å². The van der Waals surface area contributed by atoms with Crippen molar-refractivity contribution in [3.8, 4) is 0 Å². The number of rotatable bonds is 7. The number of fused-ring (bicyclic) bond motifs is 1. The van der Waals surface area contributed by atoms with E-state index in [1.807, 2.05) is 94.5 Å². The smallest absolute Gasteiger partial charge is 0.347 e. The van der Waals surface area contributed by atoms with Crippen molar-refractivity contribution in [2.24, 2.45) is 0 Å². The van der Waals surface area contributed by atoms with Crippen LogP contribution in [0.2, 0.25) is 0 Å². The normalized spacial score (nSPS) is 17.3. The number of likely N-dealkylation sites (N-methyl/N-ethyl adjacent to an activating group) is 1. The maximum absolute atomic E-state index is 13.2. The molecule has 2 aromatic rings. The SMILES string of the molecule is C[NH2+]c1ccc(C(F)(F)F)cc1C(C)(C)C/C=C/C=C/C=C/C=C1/N(C)c2ccc(C(F)(F)F)cc2C1(C)C. The van der Waals surface area contributed by atoms with Crippen LogP contribution in [0.1, 0.15) is 56.4 Å².